The summed E-state index contributed by atoms with van der Waals surface area (Å²) in [6.45, 7) is 1.92. The minimum absolute atomic E-state index is 0.314. The molecule has 0 amide bonds. The molecule has 9 heavy (non-hydrogen) atoms. The van der Waals surface area contributed by atoms with E-state index in [-0.39, 0.29) is 5.54 Å². The lowest BCUT2D eigenvalue weighted by Crippen LogP contribution is -2.47. The number of rotatable bonds is 0. The van der Waals surface area contributed by atoms with Crippen LogP contribution in [-0.2, 0) is 0 Å². The summed E-state index contributed by atoms with van der Waals surface area (Å²) in [7, 11) is 0. The van der Waals surface area contributed by atoms with E-state index in [1.54, 1.807) is 0 Å². The Morgan fingerprint density at radius 3 is 2.33 bits per heavy atom. The van der Waals surface area contributed by atoms with Crippen molar-refractivity contribution in [3.05, 3.63) is 0 Å². The van der Waals surface area contributed by atoms with Crippen LogP contribution < -0.4 is 11.1 Å². The maximum atomic E-state index is 5.78. The second-order valence-electron chi connectivity index (χ2n) is 2.55. The molecule has 0 aromatic heterocycles. The van der Waals surface area contributed by atoms with E-state index < -0.39 is 0 Å². The van der Waals surface area contributed by atoms with Gasteiger partial charge in [0.15, 0.2) is 0 Å². The zero-order valence-corrected chi connectivity index (χ0v) is 5.48. The number of hydrogen-bond acceptors (Lipinski definition) is 2. The van der Waals surface area contributed by atoms with Crippen LogP contribution in [0.25, 0.3) is 0 Å². The minimum atomic E-state index is -0.314. The Bertz CT molecular complexity index is 128. The first-order valence-corrected chi connectivity index (χ1v) is 3.24. The molecule has 1 aliphatic rings. The average molecular weight is 124 g/mol. The zero-order valence-electron chi connectivity index (χ0n) is 5.48. The van der Waals surface area contributed by atoms with Gasteiger partial charge in [-0.2, -0.15) is 0 Å². The van der Waals surface area contributed by atoms with Crippen LogP contribution in [0, 0.1) is 12.3 Å². The van der Waals surface area contributed by atoms with Crippen LogP contribution in [0.4, 0.5) is 0 Å². The Morgan fingerprint density at radius 1 is 1.44 bits per heavy atom. The Hall–Kier alpha value is -0.520. The molecular formula is C7H12N2. The first kappa shape index (κ1) is 6.60. The van der Waals surface area contributed by atoms with Gasteiger partial charge in [0, 0.05) is 0 Å². The predicted octanol–water partition coefficient (Wildman–Crippen LogP) is -0.300. The monoisotopic (exact) mass is 124 g/mol. The lowest BCUT2D eigenvalue weighted by molar-refractivity contribution is 0.387. The van der Waals surface area contributed by atoms with E-state index in [1.165, 1.54) is 0 Å². The van der Waals surface area contributed by atoms with Crippen LogP contribution >= 0.6 is 0 Å². The van der Waals surface area contributed by atoms with Crippen LogP contribution in [0.1, 0.15) is 12.8 Å². The van der Waals surface area contributed by atoms with Crippen molar-refractivity contribution >= 4 is 0 Å². The third kappa shape index (κ3) is 1.44. The van der Waals surface area contributed by atoms with Crippen molar-refractivity contribution in [1.29, 1.82) is 0 Å². The first-order valence-electron chi connectivity index (χ1n) is 3.24. The van der Waals surface area contributed by atoms with E-state index in [1.807, 2.05) is 0 Å². The van der Waals surface area contributed by atoms with Crippen molar-refractivity contribution in [2.45, 2.75) is 18.4 Å². The highest BCUT2D eigenvalue weighted by Crippen LogP contribution is 2.12. The predicted molar refractivity (Wildman–Crippen MR) is 37.9 cm³/mol. The van der Waals surface area contributed by atoms with Gasteiger partial charge in [0.25, 0.3) is 0 Å². The molecule has 1 fully saturated rings. The molecule has 0 aliphatic carbocycles. The van der Waals surface area contributed by atoms with E-state index in [2.05, 4.69) is 11.2 Å². The molecule has 1 rings (SSSR count). The molecule has 0 aromatic carbocycles. The van der Waals surface area contributed by atoms with Gasteiger partial charge in [0.1, 0.15) is 0 Å². The molecule has 1 aliphatic heterocycles. The van der Waals surface area contributed by atoms with Crippen LogP contribution in [0.2, 0.25) is 0 Å². The Kier molecular flexibility index (Phi) is 1.75. The Morgan fingerprint density at radius 2 is 2.00 bits per heavy atom. The van der Waals surface area contributed by atoms with Gasteiger partial charge < -0.3 is 11.1 Å². The summed E-state index contributed by atoms with van der Waals surface area (Å²) in [5.41, 5.74) is 5.47. The van der Waals surface area contributed by atoms with Gasteiger partial charge in [-0.05, 0) is 25.9 Å². The second kappa shape index (κ2) is 2.38. The number of piperidine rings is 1. The lowest BCUT2D eigenvalue weighted by Gasteiger charge is -2.28. The van der Waals surface area contributed by atoms with E-state index >= 15 is 0 Å². The quantitative estimate of drug-likeness (QED) is 0.435. The molecule has 3 N–H and O–H groups in total. The lowest BCUT2D eigenvalue weighted by atomic mass is 9.91. The smallest absolute Gasteiger partial charge is 0.0797 e. The first-order chi connectivity index (χ1) is 4.27. The van der Waals surface area contributed by atoms with Gasteiger partial charge in [-0.15, -0.1) is 6.42 Å². The van der Waals surface area contributed by atoms with Gasteiger partial charge in [-0.1, -0.05) is 5.92 Å². The summed E-state index contributed by atoms with van der Waals surface area (Å²) in [4.78, 5) is 0. The van der Waals surface area contributed by atoms with E-state index in [0.717, 1.165) is 25.9 Å². The Labute approximate surface area is 55.8 Å². The molecule has 0 atom stereocenters. The molecule has 1 heterocycles. The van der Waals surface area contributed by atoms with Crippen molar-refractivity contribution in [3.8, 4) is 12.3 Å². The maximum absolute atomic E-state index is 5.78. The summed E-state index contributed by atoms with van der Waals surface area (Å²) in [6, 6.07) is 0. The largest absolute Gasteiger partial charge is 0.317 e. The van der Waals surface area contributed by atoms with Crippen molar-refractivity contribution in [1.82, 2.24) is 5.32 Å². The van der Waals surface area contributed by atoms with E-state index in [0.29, 0.717) is 0 Å². The van der Waals surface area contributed by atoms with Crippen LogP contribution in [0.5, 0.6) is 0 Å². The summed E-state index contributed by atoms with van der Waals surface area (Å²) in [6.07, 6.45) is 7.05. The third-order valence-corrected chi connectivity index (χ3v) is 1.78. The van der Waals surface area contributed by atoms with Gasteiger partial charge in [-0.25, -0.2) is 0 Å². The summed E-state index contributed by atoms with van der Waals surface area (Å²) >= 11 is 0. The molecule has 0 spiro atoms. The van der Waals surface area contributed by atoms with Crippen molar-refractivity contribution in [3.63, 3.8) is 0 Å². The standard InChI is InChI=1S/C7H12N2/c1-2-7(8)3-5-9-6-4-7/h1,9H,3-6,8H2. The fraction of sp³-hybridized carbons (Fsp3) is 0.714. The van der Waals surface area contributed by atoms with E-state index in [9.17, 15) is 0 Å². The SMILES string of the molecule is C#CC1(N)CCNCC1. The summed E-state index contributed by atoms with van der Waals surface area (Å²) in [5.74, 6) is 2.62. The molecule has 1 saturated heterocycles. The highest BCUT2D eigenvalue weighted by atomic mass is 14.9. The molecule has 50 valence electrons. The number of nitrogens with two attached hydrogens (primary N) is 1. The minimum Gasteiger partial charge on any atom is -0.317 e. The van der Waals surface area contributed by atoms with E-state index in [4.69, 9.17) is 12.2 Å². The van der Waals surface area contributed by atoms with Gasteiger partial charge in [0.05, 0.1) is 5.54 Å². The normalized spacial score (nSPS) is 24.9. The van der Waals surface area contributed by atoms with Gasteiger partial charge in [-0.3, -0.25) is 0 Å². The van der Waals surface area contributed by atoms with Crippen molar-refractivity contribution in [2.75, 3.05) is 13.1 Å². The van der Waals surface area contributed by atoms with Crippen LogP contribution in [-0.4, -0.2) is 18.6 Å². The summed E-state index contributed by atoms with van der Waals surface area (Å²) < 4.78 is 0. The molecule has 0 bridgehead atoms. The zero-order chi connectivity index (χ0) is 6.74. The molecule has 2 heteroatoms. The number of hydrogen-bond donors (Lipinski definition) is 2. The fourth-order valence-electron chi connectivity index (χ4n) is 1.02. The fourth-order valence-corrected chi connectivity index (χ4v) is 1.02. The highest BCUT2D eigenvalue weighted by molar-refractivity contribution is 5.12. The van der Waals surface area contributed by atoms with Crippen molar-refractivity contribution < 1.29 is 0 Å². The topological polar surface area (TPSA) is 38.0 Å². The number of nitrogens with one attached hydrogen (secondary N) is 1. The molecule has 2 nitrogen and oxygen atoms in total. The van der Waals surface area contributed by atoms with Crippen LogP contribution in [0.3, 0.4) is 0 Å². The van der Waals surface area contributed by atoms with Crippen LogP contribution in [0.15, 0.2) is 0 Å². The summed E-state index contributed by atoms with van der Waals surface area (Å²) in [5, 5.41) is 3.20. The van der Waals surface area contributed by atoms with Crippen molar-refractivity contribution in [2.24, 2.45) is 5.73 Å². The second-order valence-corrected chi connectivity index (χ2v) is 2.55. The molecule has 0 saturated carbocycles. The number of terminal acetylenes is 1. The molecule has 0 radical (unpaired) electrons. The van der Waals surface area contributed by atoms with Gasteiger partial charge in [0.2, 0.25) is 0 Å². The highest BCUT2D eigenvalue weighted by Gasteiger charge is 2.23. The maximum Gasteiger partial charge on any atom is 0.0797 e. The Balaban J connectivity index is 2.49. The van der Waals surface area contributed by atoms with Gasteiger partial charge >= 0.3 is 0 Å². The molecule has 0 aromatic rings. The third-order valence-electron chi connectivity index (χ3n) is 1.78. The molecular weight excluding hydrogens is 112 g/mol. The molecule has 0 unspecified atom stereocenters. The average Bonchev–Trinajstić information content (AvgIpc) is 1.90.